The average molecular weight is 234 g/mol. The molecule has 1 unspecified atom stereocenters. The van der Waals surface area contributed by atoms with Gasteiger partial charge < -0.3 is 11.1 Å². The fourth-order valence-electron chi connectivity index (χ4n) is 1.65. The van der Waals surface area contributed by atoms with Gasteiger partial charge in [0, 0.05) is 12.6 Å². The van der Waals surface area contributed by atoms with Crippen molar-refractivity contribution < 1.29 is 18.0 Å². The zero-order valence-electron chi connectivity index (χ0n) is 8.08. The lowest BCUT2D eigenvalue weighted by atomic mass is 10.1. The summed E-state index contributed by atoms with van der Waals surface area (Å²) in [5.74, 6) is -0.674. The minimum Gasteiger partial charge on any atom is -0.370 e. The first-order valence-electron chi connectivity index (χ1n) is 4.59. The monoisotopic (exact) mass is 234 g/mol. The molecule has 0 saturated heterocycles. The molecule has 0 spiro atoms. The summed E-state index contributed by atoms with van der Waals surface area (Å²) in [4.78, 5) is 10.8. The van der Waals surface area contributed by atoms with Gasteiger partial charge in [-0.1, -0.05) is 0 Å². The number of carbonyl (C=O) groups is 1. The van der Waals surface area contributed by atoms with Crippen LogP contribution in [0.3, 0.4) is 0 Å². The molecule has 88 valence electrons. The largest absolute Gasteiger partial charge is 0.410 e. The molecule has 1 aliphatic heterocycles. The van der Waals surface area contributed by atoms with Crippen molar-refractivity contribution in [3.8, 4) is 0 Å². The lowest BCUT2D eigenvalue weighted by Crippen LogP contribution is -2.34. The first-order chi connectivity index (χ1) is 7.39. The van der Waals surface area contributed by atoms with Gasteiger partial charge in [-0.3, -0.25) is 4.79 Å². The number of nitrogens with two attached hydrogens (primary N) is 1. The normalized spacial score (nSPS) is 20.1. The van der Waals surface area contributed by atoms with Crippen LogP contribution in [0.1, 0.15) is 23.0 Å². The standard InChI is InChI=1S/C8H9F3N4O/c9-8(10,11)5-1-2-13-6-3-4(7(12)16)14-15(5)6/h3,5,13H,1-2H2,(H2,12,16). The molecule has 16 heavy (non-hydrogen) atoms. The second-order valence-electron chi connectivity index (χ2n) is 3.50. The Morgan fingerprint density at radius 1 is 1.62 bits per heavy atom. The quantitative estimate of drug-likeness (QED) is 0.758. The maximum atomic E-state index is 12.6. The van der Waals surface area contributed by atoms with E-state index in [1.807, 2.05) is 0 Å². The van der Waals surface area contributed by atoms with Crippen LogP contribution in [-0.4, -0.2) is 28.4 Å². The van der Waals surface area contributed by atoms with Gasteiger partial charge in [-0.25, -0.2) is 4.68 Å². The van der Waals surface area contributed by atoms with Gasteiger partial charge in [0.1, 0.15) is 5.82 Å². The van der Waals surface area contributed by atoms with E-state index in [-0.39, 0.29) is 24.5 Å². The Morgan fingerprint density at radius 2 is 2.31 bits per heavy atom. The molecule has 2 rings (SSSR count). The van der Waals surface area contributed by atoms with Gasteiger partial charge in [0.05, 0.1) is 0 Å². The Balaban J connectivity index is 2.42. The third-order valence-electron chi connectivity index (χ3n) is 2.39. The van der Waals surface area contributed by atoms with Crippen LogP contribution in [0.25, 0.3) is 0 Å². The van der Waals surface area contributed by atoms with E-state index in [0.717, 1.165) is 4.68 Å². The Hall–Kier alpha value is -1.73. The van der Waals surface area contributed by atoms with Crippen molar-refractivity contribution in [2.45, 2.75) is 18.6 Å². The summed E-state index contributed by atoms with van der Waals surface area (Å²) in [5.41, 5.74) is 4.79. The summed E-state index contributed by atoms with van der Waals surface area (Å²) >= 11 is 0. The first-order valence-corrected chi connectivity index (χ1v) is 4.59. The molecular formula is C8H9F3N4O. The number of carbonyl (C=O) groups excluding carboxylic acids is 1. The fourth-order valence-corrected chi connectivity index (χ4v) is 1.65. The molecular weight excluding hydrogens is 225 g/mol. The van der Waals surface area contributed by atoms with E-state index in [1.54, 1.807) is 0 Å². The highest BCUT2D eigenvalue weighted by atomic mass is 19.4. The van der Waals surface area contributed by atoms with Crippen molar-refractivity contribution in [2.75, 3.05) is 11.9 Å². The molecule has 0 saturated carbocycles. The predicted molar refractivity (Wildman–Crippen MR) is 48.9 cm³/mol. The van der Waals surface area contributed by atoms with E-state index in [1.165, 1.54) is 6.07 Å². The minimum absolute atomic E-state index is 0.115. The summed E-state index contributed by atoms with van der Waals surface area (Å²) < 4.78 is 38.6. The zero-order valence-corrected chi connectivity index (χ0v) is 8.08. The predicted octanol–water partition coefficient (Wildman–Crippen LogP) is 0.901. The highest BCUT2D eigenvalue weighted by Crippen LogP contribution is 2.37. The molecule has 1 aromatic heterocycles. The first kappa shape index (κ1) is 10.8. The number of aromatic nitrogens is 2. The Morgan fingerprint density at radius 3 is 2.88 bits per heavy atom. The maximum Gasteiger partial charge on any atom is 0.410 e. The van der Waals surface area contributed by atoms with Crippen molar-refractivity contribution in [1.29, 1.82) is 0 Å². The van der Waals surface area contributed by atoms with Crippen LogP contribution in [-0.2, 0) is 0 Å². The summed E-state index contributed by atoms with van der Waals surface area (Å²) in [6.07, 6.45) is -4.49. The molecule has 1 amide bonds. The van der Waals surface area contributed by atoms with Gasteiger partial charge in [-0.05, 0) is 6.42 Å². The van der Waals surface area contributed by atoms with Crippen molar-refractivity contribution in [2.24, 2.45) is 5.73 Å². The van der Waals surface area contributed by atoms with Gasteiger partial charge in [0.15, 0.2) is 11.7 Å². The highest BCUT2D eigenvalue weighted by molar-refractivity contribution is 5.91. The number of rotatable bonds is 1. The van der Waals surface area contributed by atoms with E-state index < -0.39 is 18.1 Å². The number of primary amides is 1. The number of anilines is 1. The summed E-state index contributed by atoms with van der Waals surface area (Å²) in [5, 5.41) is 6.29. The molecule has 1 aliphatic rings. The molecule has 0 bridgehead atoms. The number of hydrogen-bond donors (Lipinski definition) is 2. The van der Waals surface area contributed by atoms with Gasteiger partial charge in [-0.15, -0.1) is 0 Å². The molecule has 8 heteroatoms. The van der Waals surface area contributed by atoms with Crippen LogP contribution in [0.15, 0.2) is 6.07 Å². The van der Waals surface area contributed by atoms with Gasteiger partial charge in [-0.2, -0.15) is 18.3 Å². The number of fused-ring (bicyclic) bond motifs is 1. The Bertz CT molecular complexity index is 425. The topological polar surface area (TPSA) is 72.9 Å². The van der Waals surface area contributed by atoms with Crippen LogP contribution < -0.4 is 11.1 Å². The van der Waals surface area contributed by atoms with E-state index in [4.69, 9.17) is 5.73 Å². The number of amides is 1. The van der Waals surface area contributed by atoms with Crippen LogP contribution in [0.2, 0.25) is 0 Å². The number of halogens is 3. The SMILES string of the molecule is NC(=O)c1cc2n(n1)C(C(F)(F)F)CCN2. The lowest BCUT2D eigenvalue weighted by Gasteiger charge is -2.27. The summed E-state index contributed by atoms with van der Waals surface area (Å²) in [7, 11) is 0. The van der Waals surface area contributed by atoms with Crippen LogP contribution in [0.5, 0.6) is 0 Å². The third-order valence-corrected chi connectivity index (χ3v) is 2.39. The van der Waals surface area contributed by atoms with E-state index >= 15 is 0 Å². The van der Waals surface area contributed by atoms with Gasteiger partial charge >= 0.3 is 6.18 Å². The molecule has 1 atom stereocenters. The minimum atomic E-state index is -4.38. The lowest BCUT2D eigenvalue weighted by molar-refractivity contribution is -0.171. The number of hydrogen-bond acceptors (Lipinski definition) is 3. The van der Waals surface area contributed by atoms with Crippen molar-refractivity contribution in [3.63, 3.8) is 0 Å². The summed E-state index contributed by atoms with van der Waals surface area (Å²) in [6, 6.07) is -0.475. The number of alkyl halides is 3. The zero-order chi connectivity index (χ0) is 11.9. The third kappa shape index (κ3) is 1.70. The molecule has 2 heterocycles. The number of nitrogens with one attached hydrogen (secondary N) is 1. The van der Waals surface area contributed by atoms with Crippen LogP contribution in [0.4, 0.5) is 19.0 Å². The van der Waals surface area contributed by atoms with Crippen molar-refractivity contribution >= 4 is 11.7 Å². The fraction of sp³-hybridized carbons (Fsp3) is 0.500. The second kappa shape index (κ2) is 3.39. The van der Waals surface area contributed by atoms with Crippen molar-refractivity contribution in [1.82, 2.24) is 9.78 Å². The van der Waals surface area contributed by atoms with E-state index in [0.29, 0.717) is 0 Å². The highest BCUT2D eigenvalue weighted by Gasteiger charge is 2.44. The Kier molecular flexibility index (Phi) is 2.28. The smallest absolute Gasteiger partial charge is 0.370 e. The van der Waals surface area contributed by atoms with Crippen molar-refractivity contribution in [3.05, 3.63) is 11.8 Å². The summed E-state index contributed by atoms with van der Waals surface area (Å²) in [6.45, 7) is 0.189. The average Bonchev–Trinajstić information content (AvgIpc) is 2.58. The second-order valence-corrected chi connectivity index (χ2v) is 3.50. The van der Waals surface area contributed by atoms with Gasteiger partial charge in [0.2, 0.25) is 0 Å². The molecule has 0 radical (unpaired) electrons. The Labute approximate surface area is 88.4 Å². The molecule has 1 aromatic rings. The van der Waals surface area contributed by atoms with E-state index in [9.17, 15) is 18.0 Å². The van der Waals surface area contributed by atoms with E-state index in [2.05, 4.69) is 10.4 Å². The molecule has 0 fully saturated rings. The molecule has 0 aromatic carbocycles. The van der Waals surface area contributed by atoms with Gasteiger partial charge in [0.25, 0.3) is 5.91 Å². The molecule has 0 aliphatic carbocycles. The molecule has 5 nitrogen and oxygen atoms in total. The maximum absolute atomic E-state index is 12.6. The molecule has 3 N–H and O–H groups in total. The van der Waals surface area contributed by atoms with Crippen LogP contribution >= 0.6 is 0 Å². The number of nitrogens with zero attached hydrogens (tertiary/aromatic N) is 2. The van der Waals surface area contributed by atoms with Crippen LogP contribution in [0, 0.1) is 0 Å².